The molecule has 1 atom stereocenters. The summed E-state index contributed by atoms with van der Waals surface area (Å²) in [5.74, 6) is 0. The Morgan fingerprint density at radius 1 is 0.294 bits per heavy atom. The average Bonchev–Trinajstić information content (AvgIpc) is 4.01. The zero-order chi connectivity index (χ0) is 44.8. The first-order chi connectivity index (χ1) is 33.8. The maximum atomic E-state index is 2.50. The van der Waals surface area contributed by atoms with Crippen LogP contribution in [0, 0.1) is 0 Å². The Hall–Kier alpha value is -8.92. The van der Waals surface area contributed by atoms with Crippen LogP contribution in [-0.2, 0) is 5.41 Å². The number of fused-ring (bicyclic) bond motifs is 14. The molecule has 0 fully saturated rings. The number of para-hydroxylation sites is 4. The Balaban J connectivity index is 1.03. The Labute approximate surface area is 395 Å². The van der Waals surface area contributed by atoms with Crippen molar-refractivity contribution in [2.24, 2.45) is 0 Å². The second-order valence-electron chi connectivity index (χ2n) is 18.0. The summed E-state index contributed by atoms with van der Waals surface area (Å²) in [6, 6.07) is 96.1. The number of hydrogen-bond acceptors (Lipinski definition) is 2. The molecule has 1 aromatic heterocycles. The highest BCUT2D eigenvalue weighted by atomic mass is 15.2. The standard InChI is InChI=1S/C65H43N3/c1-4-22-45(23-5-1)66(49-39-41-54-53-30-14-17-35-61(53)68(63(54)43-49)47-26-8-3-9-27-47)48-38-40-52-51-29-12-15-32-56(51)65(59(52)42-48)57-33-16-13-31-55(57)64-58(65)34-19-37-62(64)67(46-24-6-2-7-25-46)60-36-18-21-44-20-10-11-28-50(44)60/h1-43H. The fourth-order valence-corrected chi connectivity index (χ4v) is 11.8. The molecule has 1 spiro atoms. The Kier molecular flexibility index (Phi) is 8.50. The highest BCUT2D eigenvalue weighted by molar-refractivity contribution is 6.11. The van der Waals surface area contributed by atoms with Gasteiger partial charge in [0.15, 0.2) is 0 Å². The van der Waals surface area contributed by atoms with Crippen LogP contribution < -0.4 is 9.80 Å². The lowest BCUT2D eigenvalue weighted by molar-refractivity contribution is 0.793. The largest absolute Gasteiger partial charge is 0.310 e. The first-order valence-corrected chi connectivity index (χ1v) is 23.5. The molecule has 11 aromatic carbocycles. The Bertz CT molecular complexity index is 3920. The predicted octanol–water partition coefficient (Wildman–Crippen LogP) is 17.2. The molecule has 2 aliphatic carbocycles. The van der Waals surface area contributed by atoms with E-state index in [0.29, 0.717) is 0 Å². The molecule has 68 heavy (non-hydrogen) atoms. The van der Waals surface area contributed by atoms with Crippen LogP contribution in [0.1, 0.15) is 22.3 Å². The van der Waals surface area contributed by atoms with E-state index in [1.807, 2.05) is 0 Å². The van der Waals surface area contributed by atoms with E-state index in [0.717, 1.165) is 39.8 Å². The summed E-state index contributed by atoms with van der Waals surface area (Å²) in [5.41, 5.74) is 19.9. The van der Waals surface area contributed by atoms with Gasteiger partial charge in [-0.25, -0.2) is 0 Å². The first-order valence-electron chi connectivity index (χ1n) is 23.5. The summed E-state index contributed by atoms with van der Waals surface area (Å²) >= 11 is 0. The SMILES string of the molecule is c1ccc(N(c2ccc3c(c2)C2(c4ccccc4-3)c3ccccc3-c3c(N(c4ccccc4)c4cccc5ccccc45)cccc32)c2ccc3c4ccccc4n(-c4ccccc4)c3c2)cc1. The highest BCUT2D eigenvalue weighted by Gasteiger charge is 2.52. The fraction of sp³-hybridized carbons (Fsp3) is 0.0154. The molecule has 0 N–H and O–H groups in total. The second-order valence-corrected chi connectivity index (χ2v) is 18.0. The molecule has 0 aliphatic heterocycles. The number of hydrogen-bond donors (Lipinski definition) is 0. The van der Waals surface area contributed by atoms with Crippen molar-refractivity contribution in [2.75, 3.05) is 9.80 Å². The van der Waals surface area contributed by atoms with Crippen molar-refractivity contribution in [1.29, 1.82) is 0 Å². The summed E-state index contributed by atoms with van der Waals surface area (Å²) < 4.78 is 2.41. The van der Waals surface area contributed by atoms with Crippen LogP contribution in [0.3, 0.4) is 0 Å². The quantitative estimate of drug-likeness (QED) is 0.158. The van der Waals surface area contributed by atoms with Gasteiger partial charge in [-0.15, -0.1) is 0 Å². The predicted molar refractivity (Wildman–Crippen MR) is 284 cm³/mol. The molecule has 14 rings (SSSR count). The third kappa shape index (κ3) is 5.47. The first kappa shape index (κ1) is 38.4. The average molecular weight is 866 g/mol. The molecule has 318 valence electrons. The molecule has 0 amide bonds. The summed E-state index contributed by atoms with van der Waals surface area (Å²) in [6.45, 7) is 0. The third-order valence-electron chi connectivity index (χ3n) is 14.5. The molecule has 1 heterocycles. The molecule has 3 nitrogen and oxygen atoms in total. The van der Waals surface area contributed by atoms with Gasteiger partial charge in [-0.1, -0.05) is 182 Å². The van der Waals surface area contributed by atoms with Crippen LogP contribution in [0.4, 0.5) is 34.1 Å². The van der Waals surface area contributed by atoms with E-state index in [9.17, 15) is 0 Å². The van der Waals surface area contributed by atoms with Gasteiger partial charge in [0.05, 0.1) is 27.8 Å². The van der Waals surface area contributed by atoms with Crippen LogP contribution in [0.2, 0.25) is 0 Å². The number of benzene rings is 11. The molecule has 0 saturated heterocycles. The molecule has 0 radical (unpaired) electrons. The summed E-state index contributed by atoms with van der Waals surface area (Å²) in [7, 11) is 0. The van der Waals surface area contributed by atoms with Gasteiger partial charge in [-0.3, -0.25) is 0 Å². The molecule has 0 bridgehead atoms. The zero-order valence-corrected chi connectivity index (χ0v) is 37.2. The molecule has 12 aromatic rings. The van der Waals surface area contributed by atoms with Crippen molar-refractivity contribution in [3.8, 4) is 27.9 Å². The van der Waals surface area contributed by atoms with E-state index < -0.39 is 5.41 Å². The van der Waals surface area contributed by atoms with Gasteiger partial charge in [0.2, 0.25) is 0 Å². The van der Waals surface area contributed by atoms with Gasteiger partial charge in [-0.05, 0) is 123 Å². The van der Waals surface area contributed by atoms with E-state index in [2.05, 4.69) is 275 Å². The summed E-state index contributed by atoms with van der Waals surface area (Å²) in [4.78, 5) is 4.93. The molecular weight excluding hydrogens is 823 g/mol. The van der Waals surface area contributed by atoms with Crippen LogP contribution in [0.15, 0.2) is 261 Å². The molecule has 0 saturated carbocycles. The van der Waals surface area contributed by atoms with Crippen LogP contribution in [0.25, 0.3) is 60.5 Å². The normalized spacial score (nSPS) is 14.2. The Morgan fingerprint density at radius 3 is 1.62 bits per heavy atom. The minimum absolute atomic E-state index is 0.586. The van der Waals surface area contributed by atoms with Gasteiger partial charge >= 0.3 is 0 Å². The van der Waals surface area contributed by atoms with Crippen LogP contribution in [-0.4, -0.2) is 4.57 Å². The monoisotopic (exact) mass is 865 g/mol. The van der Waals surface area contributed by atoms with Crippen molar-refractivity contribution < 1.29 is 0 Å². The van der Waals surface area contributed by atoms with Crippen molar-refractivity contribution in [1.82, 2.24) is 4.57 Å². The van der Waals surface area contributed by atoms with E-state index in [4.69, 9.17) is 0 Å². The lowest BCUT2D eigenvalue weighted by atomic mass is 9.70. The maximum Gasteiger partial charge on any atom is 0.0727 e. The van der Waals surface area contributed by atoms with Gasteiger partial charge in [0, 0.05) is 50.2 Å². The summed E-state index contributed by atoms with van der Waals surface area (Å²) in [5, 5.41) is 4.89. The van der Waals surface area contributed by atoms with E-state index in [1.54, 1.807) is 0 Å². The number of rotatable bonds is 7. The minimum Gasteiger partial charge on any atom is -0.310 e. The van der Waals surface area contributed by atoms with E-state index >= 15 is 0 Å². The van der Waals surface area contributed by atoms with E-state index in [1.165, 1.54) is 77.1 Å². The third-order valence-corrected chi connectivity index (χ3v) is 14.5. The molecule has 3 heteroatoms. The second kappa shape index (κ2) is 15.1. The van der Waals surface area contributed by atoms with Gasteiger partial charge in [-0.2, -0.15) is 0 Å². The number of anilines is 6. The topological polar surface area (TPSA) is 11.4 Å². The molecular formula is C65H43N3. The Morgan fingerprint density at radius 2 is 0.824 bits per heavy atom. The lowest BCUT2D eigenvalue weighted by Gasteiger charge is -2.33. The summed E-state index contributed by atoms with van der Waals surface area (Å²) in [6.07, 6.45) is 0. The van der Waals surface area contributed by atoms with Crippen molar-refractivity contribution >= 4 is 66.7 Å². The molecule has 1 unspecified atom stereocenters. The zero-order valence-electron chi connectivity index (χ0n) is 37.2. The maximum absolute atomic E-state index is 2.50. The lowest BCUT2D eigenvalue weighted by Crippen LogP contribution is -2.26. The van der Waals surface area contributed by atoms with Crippen molar-refractivity contribution in [3.05, 3.63) is 283 Å². The van der Waals surface area contributed by atoms with Gasteiger partial charge < -0.3 is 14.4 Å². The van der Waals surface area contributed by atoms with Gasteiger partial charge in [0.1, 0.15) is 0 Å². The number of aromatic nitrogens is 1. The molecule has 2 aliphatic rings. The smallest absolute Gasteiger partial charge is 0.0727 e. The van der Waals surface area contributed by atoms with Crippen LogP contribution in [0.5, 0.6) is 0 Å². The number of nitrogens with zero attached hydrogens (tertiary/aromatic N) is 3. The van der Waals surface area contributed by atoms with Gasteiger partial charge in [0.25, 0.3) is 0 Å². The highest BCUT2D eigenvalue weighted by Crippen LogP contribution is 2.65. The minimum atomic E-state index is -0.586. The van der Waals surface area contributed by atoms with Crippen molar-refractivity contribution in [3.63, 3.8) is 0 Å². The van der Waals surface area contributed by atoms with Crippen LogP contribution >= 0.6 is 0 Å². The van der Waals surface area contributed by atoms with Crippen molar-refractivity contribution in [2.45, 2.75) is 5.41 Å². The fourth-order valence-electron chi connectivity index (χ4n) is 11.8. The van der Waals surface area contributed by atoms with E-state index in [-0.39, 0.29) is 0 Å².